The minimum Gasteiger partial charge on any atom is -0.303 e. The molecule has 4 nitrogen and oxygen atoms in total. The molecule has 2 rings (SSSR count). The van der Waals surface area contributed by atoms with Gasteiger partial charge in [-0.25, -0.2) is 12.8 Å². The smallest absolute Gasteiger partial charge is 0.243 e. The molecule has 0 aliphatic carbocycles. The van der Waals surface area contributed by atoms with Crippen molar-refractivity contribution in [3.05, 3.63) is 29.6 Å². The molecule has 0 radical (unpaired) electrons. The van der Waals surface area contributed by atoms with Crippen LogP contribution in [0.2, 0.25) is 0 Å². The van der Waals surface area contributed by atoms with Gasteiger partial charge in [-0.05, 0) is 31.7 Å². The highest BCUT2D eigenvalue weighted by Gasteiger charge is 2.34. The molecule has 1 heterocycles. The summed E-state index contributed by atoms with van der Waals surface area (Å²) in [4.78, 5) is 2.05. The minimum atomic E-state index is -3.72. The Morgan fingerprint density at radius 2 is 2.10 bits per heavy atom. The molecule has 0 amide bonds. The van der Waals surface area contributed by atoms with Crippen molar-refractivity contribution >= 4 is 21.6 Å². The van der Waals surface area contributed by atoms with Crippen LogP contribution >= 0.6 is 11.6 Å². The van der Waals surface area contributed by atoms with E-state index in [0.29, 0.717) is 25.2 Å². The number of halogens is 2. The van der Waals surface area contributed by atoms with E-state index < -0.39 is 15.8 Å². The van der Waals surface area contributed by atoms with Gasteiger partial charge < -0.3 is 4.90 Å². The molecule has 0 bridgehead atoms. The molecule has 0 spiro atoms. The van der Waals surface area contributed by atoms with E-state index in [-0.39, 0.29) is 16.8 Å². The summed E-state index contributed by atoms with van der Waals surface area (Å²) < 4.78 is 40.3. The van der Waals surface area contributed by atoms with Crippen molar-refractivity contribution in [3.63, 3.8) is 0 Å². The second-order valence-corrected chi connectivity index (χ2v) is 7.24. The van der Waals surface area contributed by atoms with Gasteiger partial charge in [0.15, 0.2) is 0 Å². The van der Waals surface area contributed by atoms with Crippen LogP contribution in [0.1, 0.15) is 12.5 Å². The topological polar surface area (TPSA) is 40.6 Å². The largest absolute Gasteiger partial charge is 0.303 e. The number of piperazine rings is 1. The van der Waals surface area contributed by atoms with E-state index >= 15 is 0 Å². The first-order chi connectivity index (χ1) is 9.36. The summed E-state index contributed by atoms with van der Waals surface area (Å²) in [6.07, 6.45) is 0. The number of likely N-dealkylation sites (N-methyl/N-ethyl adjacent to an activating group) is 1. The molecular formula is C13H18ClFN2O2S. The number of hydrogen-bond acceptors (Lipinski definition) is 3. The van der Waals surface area contributed by atoms with Gasteiger partial charge in [0.05, 0.1) is 4.90 Å². The molecule has 0 N–H and O–H groups in total. The molecule has 1 unspecified atom stereocenters. The molecule has 1 aliphatic rings. The monoisotopic (exact) mass is 320 g/mol. The molecule has 20 heavy (non-hydrogen) atoms. The number of nitrogens with zero attached hydrogens (tertiary/aromatic N) is 2. The number of rotatable bonds is 3. The van der Waals surface area contributed by atoms with Gasteiger partial charge in [-0.2, -0.15) is 4.31 Å². The number of alkyl halides is 1. The summed E-state index contributed by atoms with van der Waals surface area (Å²) >= 11 is 5.78. The van der Waals surface area contributed by atoms with Crippen LogP contribution < -0.4 is 0 Å². The van der Waals surface area contributed by atoms with E-state index in [9.17, 15) is 12.8 Å². The summed E-state index contributed by atoms with van der Waals surface area (Å²) in [5.41, 5.74) is 0.430. The maximum absolute atomic E-state index is 13.4. The van der Waals surface area contributed by atoms with Crippen LogP contribution in [0.15, 0.2) is 23.1 Å². The Morgan fingerprint density at radius 3 is 2.70 bits per heavy atom. The number of hydrogen-bond donors (Lipinski definition) is 0. The van der Waals surface area contributed by atoms with E-state index in [1.165, 1.54) is 16.4 Å². The average molecular weight is 321 g/mol. The van der Waals surface area contributed by atoms with Crippen molar-refractivity contribution in [2.24, 2.45) is 0 Å². The normalized spacial score (nSPS) is 22.1. The lowest BCUT2D eigenvalue weighted by Gasteiger charge is -2.37. The predicted octanol–water partition coefficient (Wildman–Crippen LogP) is 1.89. The van der Waals surface area contributed by atoms with Gasteiger partial charge in [0.2, 0.25) is 10.0 Å². The van der Waals surface area contributed by atoms with Crippen molar-refractivity contribution in [1.82, 2.24) is 9.21 Å². The zero-order valence-electron chi connectivity index (χ0n) is 11.5. The summed E-state index contributed by atoms with van der Waals surface area (Å²) in [6, 6.07) is 3.56. The molecule has 1 aliphatic heterocycles. The van der Waals surface area contributed by atoms with Crippen molar-refractivity contribution in [3.8, 4) is 0 Å². The zero-order valence-corrected chi connectivity index (χ0v) is 13.1. The van der Waals surface area contributed by atoms with Crippen LogP contribution in [-0.2, 0) is 15.9 Å². The van der Waals surface area contributed by atoms with Crippen LogP contribution in [0, 0.1) is 5.82 Å². The number of sulfonamides is 1. The minimum absolute atomic E-state index is 0.0242. The Hall–Kier alpha value is -0.690. The molecule has 0 aromatic heterocycles. The quantitative estimate of drug-likeness (QED) is 0.799. The predicted molar refractivity (Wildman–Crippen MR) is 76.8 cm³/mol. The maximum atomic E-state index is 13.4. The molecule has 1 saturated heterocycles. The highest BCUT2D eigenvalue weighted by molar-refractivity contribution is 7.89. The second-order valence-electron chi connectivity index (χ2n) is 5.11. The Balaban J connectivity index is 2.42. The molecule has 112 valence electrons. The van der Waals surface area contributed by atoms with E-state index in [2.05, 4.69) is 4.90 Å². The highest BCUT2D eigenvalue weighted by atomic mass is 35.5. The van der Waals surface area contributed by atoms with Crippen molar-refractivity contribution in [2.75, 3.05) is 26.7 Å². The second kappa shape index (κ2) is 5.97. The summed E-state index contributed by atoms with van der Waals surface area (Å²) in [5.74, 6) is -0.532. The standard InChI is InChI=1S/C13H18ClFN2O2S/c1-10-9-16(2)5-6-17(10)20(18,19)13-7-12(15)4-3-11(13)8-14/h3-4,7,10H,5-6,8-9H2,1-2H3. The Kier molecular flexibility index (Phi) is 4.69. The van der Waals surface area contributed by atoms with Gasteiger partial charge in [0.25, 0.3) is 0 Å². The SMILES string of the molecule is CC1CN(C)CCN1S(=O)(=O)c1cc(F)ccc1CCl. The third-order valence-electron chi connectivity index (χ3n) is 3.53. The summed E-state index contributed by atoms with van der Waals surface area (Å²) in [5, 5.41) is 0. The van der Waals surface area contributed by atoms with Gasteiger partial charge in [0.1, 0.15) is 5.82 Å². The fourth-order valence-corrected chi connectivity index (χ4v) is 4.65. The van der Waals surface area contributed by atoms with Gasteiger partial charge in [-0.15, -0.1) is 11.6 Å². The van der Waals surface area contributed by atoms with Crippen molar-refractivity contribution in [1.29, 1.82) is 0 Å². The van der Waals surface area contributed by atoms with Gasteiger partial charge in [-0.1, -0.05) is 6.07 Å². The highest BCUT2D eigenvalue weighted by Crippen LogP contribution is 2.25. The van der Waals surface area contributed by atoms with Gasteiger partial charge in [0, 0.05) is 31.6 Å². The molecule has 1 fully saturated rings. The first-order valence-electron chi connectivity index (χ1n) is 6.41. The third kappa shape index (κ3) is 2.98. The van der Waals surface area contributed by atoms with Crippen molar-refractivity contribution < 1.29 is 12.8 Å². The lowest BCUT2D eigenvalue weighted by atomic mass is 10.2. The van der Waals surface area contributed by atoms with E-state index in [1.54, 1.807) is 0 Å². The Labute approximate surface area is 124 Å². The fourth-order valence-electron chi connectivity index (χ4n) is 2.49. The van der Waals surface area contributed by atoms with E-state index in [4.69, 9.17) is 11.6 Å². The van der Waals surface area contributed by atoms with E-state index in [1.807, 2.05) is 14.0 Å². The molecule has 7 heteroatoms. The molecular weight excluding hydrogens is 303 g/mol. The van der Waals surface area contributed by atoms with Crippen LogP contribution in [-0.4, -0.2) is 50.3 Å². The Bertz CT molecular complexity index is 594. The van der Waals surface area contributed by atoms with Gasteiger partial charge >= 0.3 is 0 Å². The van der Waals surface area contributed by atoms with E-state index in [0.717, 1.165) is 6.07 Å². The summed E-state index contributed by atoms with van der Waals surface area (Å²) in [7, 11) is -1.77. The fraction of sp³-hybridized carbons (Fsp3) is 0.538. The molecule has 1 atom stereocenters. The van der Waals surface area contributed by atoms with Crippen molar-refractivity contribution in [2.45, 2.75) is 23.7 Å². The van der Waals surface area contributed by atoms with Crippen LogP contribution in [0.5, 0.6) is 0 Å². The number of benzene rings is 1. The first-order valence-corrected chi connectivity index (χ1v) is 8.38. The molecule has 1 aromatic rings. The third-order valence-corrected chi connectivity index (χ3v) is 5.91. The first kappa shape index (κ1) is 15.7. The van der Waals surface area contributed by atoms with Crippen LogP contribution in [0.25, 0.3) is 0 Å². The Morgan fingerprint density at radius 1 is 1.40 bits per heavy atom. The average Bonchev–Trinajstić information content (AvgIpc) is 2.38. The lowest BCUT2D eigenvalue weighted by Crippen LogP contribution is -2.52. The molecule has 0 saturated carbocycles. The maximum Gasteiger partial charge on any atom is 0.243 e. The lowest BCUT2D eigenvalue weighted by molar-refractivity contribution is 0.170. The van der Waals surface area contributed by atoms with Crippen LogP contribution in [0.3, 0.4) is 0 Å². The summed E-state index contributed by atoms with van der Waals surface area (Å²) in [6.45, 7) is 3.57. The van der Waals surface area contributed by atoms with Crippen LogP contribution in [0.4, 0.5) is 4.39 Å². The van der Waals surface area contributed by atoms with Gasteiger partial charge in [-0.3, -0.25) is 0 Å². The molecule has 1 aromatic carbocycles. The zero-order chi connectivity index (χ0) is 14.9.